The van der Waals surface area contributed by atoms with Crippen LogP contribution in [0, 0.1) is 0 Å². The fourth-order valence-corrected chi connectivity index (χ4v) is 2.38. The molecule has 0 saturated carbocycles. The van der Waals surface area contributed by atoms with E-state index in [4.69, 9.17) is 11.6 Å². The van der Waals surface area contributed by atoms with Gasteiger partial charge in [-0.25, -0.2) is 9.97 Å². The van der Waals surface area contributed by atoms with Crippen LogP contribution in [0.15, 0.2) is 30.6 Å². The van der Waals surface area contributed by atoms with Crippen molar-refractivity contribution in [1.82, 2.24) is 15.3 Å². The van der Waals surface area contributed by atoms with Gasteiger partial charge in [-0.3, -0.25) is 0 Å². The number of rotatable bonds is 2. The van der Waals surface area contributed by atoms with E-state index in [9.17, 15) is 0 Å². The molecule has 0 fully saturated rings. The van der Waals surface area contributed by atoms with Gasteiger partial charge in [-0.2, -0.15) is 0 Å². The lowest BCUT2D eigenvalue weighted by atomic mass is 10.1. The third kappa shape index (κ3) is 2.85. The summed E-state index contributed by atoms with van der Waals surface area (Å²) >= 11 is 5.89. The third-order valence-electron chi connectivity index (χ3n) is 3.23. The summed E-state index contributed by atoms with van der Waals surface area (Å²) < 4.78 is 0. The van der Waals surface area contributed by atoms with E-state index in [1.165, 1.54) is 5.56 Å². The topological polar surface area (TPSA) is 49.8 Å². The van der Waals surface area contributed by atoms with Crippen LogP contribution in [0.2, 0.25) is 5.02 Å². The molecule has 0 unspecified atom stereocenters. The SMILES string of the molecule is Clc1ccc(Nc2ncnc3c2CCNCC3)cc1. The molecule has 0 radical (unpaired) electrons. The average Bonchev–Trinajstić information content (AvgIpc) is 2.67. The zero-order valence-corrected chi connectivity index (χ0v) is 11.2. The predicted molar refractivity (Wildman–Crippen MR) is 77.0 cm³/mol. The first-order valence-corrected chi connectivity index (χ1v) is 6.77. The molecule has 0 atom stereocenters. The van der Waals surface area contributed by atoms with Crippen molar-refractivity contribution in [3.8, 4) is 0 Å². The maximum absolute atomic E-state index is 5.89. The minimum Gasteiger partial charge on any atom is -0.340 e. The van der Waals surface area contributed by atoms with Gasteiger partial charge in [-0.15, -0.1) is 0 Å². The van der Waals surface area contributed by atoms with Gasteiger partial charge in [0, 0.05) is 29.2 Å². The van der Waals surface area contributed by atoms with Crippen molar-refractivity contribution in [3.63, 3.8) is 0 Å². The minimum absolute atomic E-state index is 0.733. The van der Waals surface area contributed by atoms with Crippen LogP contribution in [-0.2, 0) is 12.8 Å². The number of nitrogens with one attached hydrogen (secondary N) is 2. The van der Waals surface area contributed by atoms with Gasteiger partial charge < -0.3 is 10.6 Å². The van der Waals surface area contributed by atoms with Gasteiger partial charge in [0.2, 0.25) is 0 Å². The summed E-state index contributed by atoms with van der Waals surface area (Å²) in [7, 11) is 0. The smallest absolute Gasteiger partial charge is 0.137 e. The molecular formula is C14H15ClN4. The van der Waals surface area contributed by atoms with Crippen molar-refractivity contribution in [1.29, 1.82) is 0 Å². The van der Waals surface area contributed by atoms with Crippen LogP contribution in [-0.4, -0.2) is 23.1 Å². The van der Waals surface area contributed by atoms with E-state index < -0.39 is 0 Å². The molecule has 0 aliphatic carbocycles. The molecule has 2 aromatic rings. The molecule has 0 spiro atoms. The van der Waals surface area contributed by atoms with Gasteiger partial charge in [0.05, 0.1) is 5.69 Å². The maximum Gasteiger partial charge on any atom is 0.137 e. The fraction of sp³-hybridized carbons (Fsp3) is 0.286. The summed E-state index contributed by atoms with van der Waals surface area (Å²) in [5, 5.41) is 7.46. The molecule has 0 bridgehead atoms. The third-order valence-corrected chi connectivity index (χ3v) is 3.48. The van der Waals surface area contributed by atoms with Crippen LogP contribution in [0.3, 0.4) is 0 Å². The number of benzene rings is 1. The molecule has 4 nitrogen and oxygen atoms in total. The molecular weight excluding hydrogens is 260 g/mol. The van der Waals surface area contributed by atoms with E-state index in [2.05, 4.69) is 20.6 Å². The van der Waals surface area contributed by atoms with Crippen molar-refractivity contribution in [2.24, 2.45) is 0 Å². The summed E-state index contributed by atoms with van der Waals surface area (Å²) in [5.41, 5.74) is 3.33. The van der Waals surface area contributed by atoms with Crippen LogP contribution in [0.25, 0.3) is 0 Å². The van der Waals surface area contributed by atoms with E-state index in [1.54, 1.807) is 6.33 Å². The average molecular weight is 275 g/mol. The Morgan fingerprint density at radius 3 is 2.68 bits per heavy atom. The molecule has 1 aliphatic heterocycles. The van der Waals surface area contributed by atoms with Crippen molar-refractivity contribution in [3.05, 3.63) is 46.9 Å². The number of fused-ring (bicyclic) bond motifs is 1. The van der Waals surface area contributed by atoms with Crippen molar-refractivity contribution < 1.29 is 0 Å². The second-order valence-corrected chi connectivity index (χ2v) is 4.97. The lowest BCUT2D eigenvalue weighted by Crippen LogP contribution is -2.16. The van der Waals surface area contributed by atoms with Gasteiger partial charge in [0.25, 0.3) is 0 Å². The Bertz CT molecular complexity index is 568. The first-order chi connectivity index (χ1) is 9.33. The monoisotopic (exact) mass is 274 g/mol. The molecule has 0 saturated heterocycles. The molecule has 5 heteroatoms. The van der Waals surface area contributed by atoms with Crippen LogP contribution < -0.4 is 10.6 Å². The molecule has 98 valence electrons. The number of anilines is 2. The van der Waals surface area contributed by atoms with Gasteiger partial charge in [-0.1, -0.05) is 11.6 Å². The molecule has 1 aromatic carbocycles. The number of halogens is 1. The van der Waals surface area contributed by atoms with Crippen LogP contribution in [0.5, 0.6) is 0 Å². The van der Waals surface area contributed by atoms with E-state index in [-0.39, 0.29) is 0 Å². The largest absolute Gasteiger partial charge is 0.340 e. The minimum atomic E-state index is 0.733. The zero-order valence-electron chi connectivity index (χ0n) is 10.5. The molecule has 2 heterocycles. The van der Waals surface area contributed by atoms with Gasteiger partial charge >= 0.3 is 0 Å². The summed E-state index contributed by atoms with van der Waals surface area (Å²) in [6.45, 7) is 1.94. The molecule has 19 heavy (non-hydrogen) atoms. The standard InChI is InChI=1S/C14H15ClN4/c15-10-1-3-11(4-2-10)19-14-12-5-7-16-8-6-13(12)17-9-18-14/h1-4,9,16H,5-8H2,(H,17,18,19). The number of nitrogens with zero attached hydrogens (tertiary/aromatic N) is 2. The summed E-state index contributed by atoms with van der Waals surface area (Å²) in [5.74, 6) is 0.899. The first kappa shape index (κ1) is 12.4. The lowest BCUT2D eigenvalue weighted by Gasteiger charge is -2.12. The Morgan fingerprint density at radius 2 is 1.84 bits per heavy atom. The maximum atomic E-state index is 5.89. The fourth-order valence-electron chi connectivity index (χ4n) is 2.25. The summed E-state index contributed by atoms with van der Waals surface area (Å²) in [6, 6.07) is 7.63. The summed E-state index contributed by atoms with van der Waals surface area (Å²) in [4.78, 5) is 8.75. The Hall–Kier alpha value is -1.65. The van der Waals surface area contributed by atoms with E-state index in [0.29, 0.717) is 0 Å². The number of aromatic nitrogens is 2. The second kappa shape index (κ2) is 5.55. The Labute approximate surface area is 117 Å². The number of hydrogen-bond donors (Lipinski definition) is 2. The highest BCUT2D eigenvalue weighted by Crippen LogP contribution is 2.23. The molecule has 2 N–H and O–H groups in total. The molecule has 1 aromatic heterocycles. The lowest BCUT2D eigenvalue weighted by molar-refractivity contribution is 0.708. The number of hydrogen-bond acceptors (Lipinski definition) is 4. The van der Waals surface area contributed by atoms with Crippen molar-refractivity contribution in [2.75, 3.05) is 18.4 Å². The highest BCUT2D eigenvalue weighted by molar-refractivity contribution is 6.30. The second-order valence-electron chi connectivity index (χ2n) is 4.53. The molecule has 0 amide bonds. The normalized spacial score (nSPS) is 14.6. The Kier molecular flexibility index (Phi) is 3.62. The van der Waals surface area contributed by atoms with Crippen LogP contribution in [0.1, 0.15) is 11.3 Å². The summed E-state index contributed by atoms with van der Waals surface area (Å²) in [6.07, 6.45) is 3.53. The van der Waals surface area contributed by atoms with E-state index in [0.717, 1.165) is 48.2 Å². The Morgan fingerprint density at radius 1 is 1.05 bits per heavy atom. The van der Waals surface area contributed by atoms with Crippen molar-refractivity contribution >= 4 is 23.1 Å². The van der Waals surface area contributed by atoms with Crippen LogP contribution in [0.4, 0.5) is 11.5 Å². The first-order valence-electron chi connectivity index (χ1n) is 6.39. The highest BCUT2D eigenvalue weighted by atomic mass is 35.5. The highest BCUT2D eigenvalue weighted by Gasteiger charge is 2.13. The van der Waals surface area contributed by atoms with E-state index in [1.807, 2.05) is 24.3 Å². The van der Waals surface area contributed by atoms with Gasteiger partial charge in [-0.05, 0) is 37.2 Å². The zero-order chi connectivity index (χ0) is 13.1. The Balaban J connectivity index is 1.90. The van der Waals surface area contributed by atoms with Gasteiger partial charge in [0.1, 0.15) is 12.1 Å². The van der Waals surface area contributed by atoms with Crippen LogP contribution >= 0.6 is 11.6 Å². The van der Waals surface area contributed by atoms with E-state index >= 15 is 0 Å². The quantitative estimate of drug-likeness (QED) is 0.884. The molecule has 1 aliphatic rings. The predicted octanol–water partition coefficient (Wildman–Crippen LogP) is 2.56. The van der Waals surface area contributed by atoms with Gasteiger partial charge in [0.15, 0.2) is 0 Å². The van der Waals surface area contributed by atoms with Crippen molar-refractivity contribution in [2.45, 2.75) is 12.8 Å². The molecule has 3 rings (SSSR count).